The molecular formula is C17H18ClFN2O4. The standard InChI is InChI=1S/C17H18ClFN2O4/c1-23-12-8-13(24-2)10-14(9-12)25-6-5-20-17(22)21-11-3-4-16(19)15(18)7-11/h3-4,7-10H,5-6H2,1-2H3,(H2,20,21,22). The summed E-state index contributed by atoms with van der Waals surface area (Å²) in [7, 11) is 3.10. The maximum absolute atomic E-state index is 13.1. The van der Waals surface area contributed by atoms with E-state index in [0.717, 1.165) is 0 Å². The fraction of sp³-hybridized carbons (Fsp3) is 0.235. The summed E-state index contributed by atoms with van der Waals surface area (Å²) in [5.74, 6) is 1.22. The van der Waals surface area contributed by atoms with E-state index in [2.05, 4.69) is 10.6 Å². The van der Waals surface area contributed by atoms with Gasteiger partial charge in [-0.1, -0.05) is 11.6 Å². The second kappa shape index (κ2) is 8.98. The fourth-order valence-corrected chi connectivity index (χ4v) is 2.13. The van der Waals surface area contributed by atoms with E-state index in [1.165, 1.54) is 18.2 Å². The Bertz CT molecular complexity index is 720. The molecule has 2 aromatic carbocycles. The smallest absolute Gasteiger partial charge is 0.319 e. The van der Waals surface area contributed by atoms with Crippen LogP contribution < -0.4 is 24.8 Å². The normalized spacial score (nSPS) is 10.1. The summed E-state index contributed by atoms with van der Waals surface area (Å²) in [5, 5.41) is 5.10. The Balaban J connectivity index is 1.78. The zero-order chi connectivity index (χ0) is 18.2. The van der Waals surface area contributed by atoms with Crippen LogP contribution in [0.25, 0.3) is 0 Å². The van der Waals surface area contributed by atoms with Crippen LogP contribution in [0, 0.1) is 5.82 Å². The summed E-state index contributed by atoms with van der Waals surface area (Å²) in [4.78, 5) is 11.8. The Morgan fingerprint density at radius 3 is 2.32 bits per heavy atom. The van der Waals surface area contributed by atoms with E-state index >= 15 is 0 Å². The van der Waals surface area contributed by atoms with Crippen LogP contribution in [-0.2, 0) is 0 Å². The van der Waals surface area contributed by atoms with E-state index in [4.69, 9.17) is 25.8 Å². The Kier molecular flexibility index (Phi) is 6.71. The van der Waals surface area contributed by atoms with Crippen molar-refractivity contribution in [2.45, 2.75) is 0 Å². The molecule has 0 heterocycles. The lowest BCUT2D eigenvalue weighted by Gasteiger charge is -2.11. The molecule has 134 valence electrons. The van der Waals surface area contributed by atoms with Crippen molar-refractivity contribution in [3.63, 3.8) is 0 Å². The van der Waals surface area contributed by atoms with Crippen LogP contribution in [0.3, 0.4) is 0 Å². The number of carbonyl (C=O) groups is 1. The van der Waals surface area contributed by atoms with Crippen molar-refractivity contribution >= 4 is 23.3 Å². The third kappa shape index (κ3) is 5.72. The van der Waals surface area contributed by atoms with Crippen molar-refractivity contribution in [1.82, 2.24) is 5.32 Å². The van der Waals surface area contributed by atoms with Crippen molar-refractivity contribution in [2.24, 2.45) is 0 Å². The van der Waals surface area contributed by atoms with Gasteiger partial charge in [0.2, 0.25) is 0 Å². The summed E-state index contributed by atoms with van der Waals surface area (Å²) in [5.41, 5.74) is 0.391. The quantitative estimate of drug-likeness (QED) is 0.731. The first-order chi connectivity index (χ1) is 12.0. The molecule has 0 fully saturated rings. The van der Waals surface area contributed by atoms with Crippen molar-refractivity contribution < 1.29 is 23.4 Å². The lowest BCUT2D eigenvalue weighted by Crippen LogP contribution is -2.32. The number of halogens is 2. The number of methoxy groups -OCH3 is 2. The molecule has 6 nitrogen and oxygen atoms in total. The lowest BCUT2D eigenvalue weighted by atomic mass is 10.3. The molecule has 2 N–H and O–H groups in total. The first-order valence-electron chi connectivity index (χ1n) is 7.37. The van der Waals surface area contributed by atoms with Gasteiger partial charge in [-0.25, -0.2) is 9.18 Å². The second-order valence-corrected chi connectivity index (χ2v) is 5.31. The van der Waals surface area contributed by atoms with Gasteiger partial charge >= 0.3 is 6.03 Å². The first-order valence-corrected chi connectivity index (χ1v) is 7.75. The number of hydrogen-bond donors (Lipinski definition) is 2. The molecule has 0 aliphatic rings. The number of anilines is 1. The Morgan fingerprint density at radius 1 is 1.08 bits per heavy atom. The highest BCUT2D eigenvalue weighted by atomic mass is 35.5. The maximum Gasteiger partial charge on any atom is 0.319 e. The molecule has 25 heavy (non-hydrogen) atoms. The van der Waals surface area contributed by atoms with Gasteiger partial charge in [0.15, 0.2) is 0 Å². The van der Waals surface area contributed by atoms with Crippen LogP contribution in [0.4, 0.5) is 14.9 Å². The van der Waals surface area contributed by atoms with Crippen molar-refractivity contribution in [1.29, 1.82) is 0 Å². The van der Waals surface area contributed by atoms with Gasteiger partial charge < -0.3 is 24.8 Å². The molecule has 0 aliphatic heterocycles. The minimum Gasteiger partial charge on any atom is -0.496 e. The predicted molar refractivity (Wildman–Crippen MR) is 93.5 cm³/mol. The minimum atomic E-state index is -0.547. The Hall–Kier alpha value is -2.67. The van der Waals surface area contributed by atoms with Gasteiger partial charge in [-0.3, -0.25) is 0 Å². The third-order valence-electron chi connectivity index (χ3n) is 3.16. The van der Waals surface area contributed by atoms with E-state index in [0.29, 0.717) is 22.9 Å². The lowest BCUT2D eigenvalue weighted by molar-refractivity contribution is 0.247. The van der Waals surface area contributed by atoms with Gasteiger partial charge in [-0.15, -0.1) is 0 Å². The molecule has 0 spiro atoms. The molecular weight excluding hydrogens is 351 g/mol. The van der Waals surface area contributed by atoms with Gasteiger partial charge in [0.1, 0.15) is 29.7 Å². The summed E-state index contributed by atoms with van der Waals surface area (Å²) < 4.78 is 28.9. The van der Waals surface area contributed by atoms with Crippen LogP contribution in [-0.4, -0.2) is 33.4 Å². The van der Waals surface area contributed by atoms with Crippen LogP contribution in [0.1, 0.15) is 0 Å². The summed E-state index contributed by atoms with van der Waals surface area (Å²) in [6.45, 7) is 0.508. The van der Waals surface area contributed by atoms with Gasteiger partial charge in [0.25, 0.3) is 0 Å². The molecule has 0 aromatic heterocycles. The SMILES string of the molecule is COc1cc(OC)cc(OCCNC(=O)Nc2ccc(F)c(Cl)c2)c1. The largest absolute Gasteiger partial charge is 0.496 e. The predicted octanol–water partition coefficient (Wildman–Crippen LogP) is 3.70. The minimum absolute atomic E-state index is 0.0619. The van der Waals surface area contributed by atoms with Gasteiger partial charge in [0, 0.05) is 23.9 Å². The summed E-state index contributed by atoms with van der Waals surface area (Å²) >= 11 is 5.65. The zero-order valence-electron chi connectivity index (χ0n) is 13.8. The number of urea groups is 1. The van der Waals surface area contributed by atoms with E-state index in [-0.39, 0.29) is 18.2 Å². The second-order valence-electron chi connectivity index (χ2n) is 4.91. The highest BCUT2D eigenvalue weighted by Crippen LogP contribution is 2.27. The van der Waals surface area contributed by atoms with Gasteiger partial charge in [0.05, 0.1) is 25.8 Å². The fourth-order valence-electron chi connectivity index (χ4n) is 1.95. The molecule has 2 amide bonds. The molecule has 0 bridgehead atoms. The average molecular weight is 369 g/mol. The van der Waals surface area contributed by atoms with Crippen LogP contribution >= 0.6 is 11.6 Å². The number of ether oxygens (including phenoxy) is 3. The highest BCUT2D eigenvalue weighted by Gasteiger charge is 2.06. The van der Waals surface area contributed by atoms with E-state index < -0.39 is 11.8 Å². The van der Waals surface area contributed by atoms with Crippen molar-refractivity contribution in [3.05, 3.63) is 47.2 Å². The van der Waals surface area contributed by atoms with Gasteiger partial charge in [-0.05, 0) is 18.2 Å². The van der Waals surface area contributed by atoms with Crippen LogP contribution in [0.5, 0.6) is 17.2 Å². The average Bonchev–Trinajstić information content (AvgIpc) is 2.61. The van der Waals surface area contributed by atoms with Crippen LogP contribution in [0.2, 0.25) is 5.02 Å². The zero-order valence-corrected chi connectivity index (χ0v) is 14.5. The molecule has 0 radical (unpaired) electrons. The molecule has 0 saturated heterocycles. The Morgan fingerprint density at radius 2 is 1.72 bits per heavy atom. The number of hydrogen-bond acceptors (Lipinski definition) is 4. The molecule has 0 aliphatic carbocycles. The number of nitrogens with one attached hydrogen (secondary N) is 2. The Labute approximate surface area is 149 Å². The van der Waals surface area contributed by atoms with E-state index in [9.17, 15) is 9.18 Å². The maximum atomic E-state index is 13.1. The number of benzene rings is 2. The highest BCUT2D eigenvalue weighted by molar-refractivity contribution is 6.31. The van der Waals surface area contributed by atoms with E-state index in [1.807, 2.05) is 0 Å². The van der Waals surface area contributed by atoms with Gasteiger partial charge in [-0.2, -0.15) is 0 Å². The van der Waals surface area contributed by atoms with E-state index in [1.54, 1.807) is 32.4 Å². The summed E-state index contributed by atoms with van der Waals surface area (Å²) in [6, 6.07) is 8.62. The molecule has 2 aromatic rings. The number of carbonyl (C=O) groups excluding carboxylic acids is 1. The third-order valence-corrected chi connectivity index (χ3v) is 3.45. The monoisotopic (exact) mass is 368 g/mol. The molecule has 0 saturated carbocycles. The topological polar surface area (TPSA) is 68.8 Å². The molecule has 0 unspecified atom stereocenters. The molecule has 8 heteroatoms. The summed E-state index contributed by atoms with van der Waals surface area (Å²) in [6.07, 6.45) is 0. The first kappa shape index (κ1) is 18.7. The number of amides is 2. The van der Waals surface area contributed by atoms with Crippen molar-refractivity contribution in [3.8, 4) is 17.2 Å². The molecule has 0 atom stereocenters. The van der Waals surface area contributed by atoms with Crippen LogP contribution in [0.15, 0.2) is 36.4 Å². The number of rotatable bonds is 7. The van der Waals surface area contributed by atoms with Crippen molar-refractivity contribution in [2.75, 3.05) is 32.7 Å². The molecule has 2 rings (SSSR count).